The van der Waals surface area contributed by atoms with Gasteiger partial charge in [0.05, 0.1) is 12.7 Å². The molecule has 0 bridgehead atoms. The lowest BCUT2D eigenvalue weighted by atomic mass is 10.2. The van der Waals surface area contributed by atoms with Gasteiger partial charge in [0.2, 0.25) is 5.91 Å². The van der Waals surface area contributed by atoms with E-state index in [4.69, 9.17) is 9.47 Å². The van der Waals surface area contributed by atoms with Crippen LogP contribution in [-0.2, 0) is 14.3 Å². The van der Waals surface area contributed by atoms with Crippen molar-refractivity contribution in [3.63, 3.8) is 0 Å². The van der Waals surface area contributed by atoms with Gasteiger partial charge in [-0.3, -0.25) is 4.79 Å². The van der Waals surface area contributed by atoms with Crippen molar-refractivity contribution in [2.75, 3.05) is 26.2 Å². The third-order valence-electron chi connectivity index (χ3n) is 2.83. The minimum Gasteiger partial charge on any atom is -0.444 e. The number of carbonyl (C=O) groups is 2. The van der Waals surface area contributed by atoms with Crippen LogP contribution in [0.5, 0.6) is 0 Å². The molecule has 1 fully saturated rings. The molecule has 1 heterocycles. The number of rotatable bonds is 4. The van der Waals surface area contributed by atoms with Crippen molar-refractivity contribution in [3.8, 4) is 0 Å². The lowest BCUT2D eigenvalue weighted by Crippen LogP contribution is -2.44. The Hall–Kier alpha value is -1.30. The molecular weight excluding hydrogens is 260 g/mol. The first-order valence-electron chi connectivity index (χ1n) is 7.14. The molecule has 1 N–H and O–H groups in total. The number of carbonyl (C=O) groups excluding carboxylic acids is 2. The average Bonchev–Trinajstić information content (AvgIpc) is 2.32. The zero-order valence-corrected chi connectivity index (χ0v) is 12.9. The molecule has 20 heavy (non-hydrogen) atoms. The number of ether oxygens (including phenoxy) is 2. The van der Waals surface area contributed by atoms with Crippen LogP contribution in [0.4, 0.5) is 4.79 Å². The number of nitrogens with one attached hydrogen (secondary N) is 1. The van der Waals surface area contributed by atoms with Crippen LogP contribution < -0.4 is 5.32 Å². The molecule has 1 atom stereocenters. The number of alkyl carbamates (subject to hydrolysis) is 1. The van der Waals surface area contributed by atoms with Crippen LogP contribution in [0.2, 0.25) is 0 Å². The molecule has 6 nitrogen and oxygen atoms in total. The van der Waals surface area contributed by atoms with Gasteiger partial charge in [0.15, 0.2) is 0 Å². The van der Waals surface area contributed by atoms with Crippen molar-refractivity contribution in [3.05, 3.63) is 0 Å². The van der Waals surface area contributed by atoms with E-state index in [-0.39, 0.29) is 12.0 Å². The van der Waals surface area contributed by atoms with E-state index in [2.05, 4.69) is 5.32 Å². The Morgan fingerprint density at radius 3 is 2.70 bits per heavy atom. The van der Waals surface area contributed by atoms with Crippen LogP contribution >= 0.6 is 0 Å². The van der Waals surface area contributed by atoms with Crippen molar-refractivity contribution in [1.82, 2.24) is 10.2 Å². The van der Waals surface area contributed by atoms with E-state index in [1.807, 2.05) is 32.6 Å². The number of nitrogens with zero attached hydrogens (tertiary/aromatic N) is 1. The fourth-order valence-electron chi connectivity index (χ4n) is 1.95. The molecule has 0 saturated carbocycles. The van der Waals surface area contributed by atoms with Crippen LogP contribution in [0.15, 0.2) is 0 Å². The fourth-order valence-corrected chi connectivity index (χ4v) is 1.95. The number of hydrogen-bond acceptors (Lipinski definition) is 4. The maximum atomic E-state index is 11.9. The van der Waals surface area contributed by atoms with Gasteiger partial charge in [-0.2, -0.15) is 0 Å². The van der Waals surface area contributed by atoms with Gasteiger partial charge >= 0.3 is 6.09 Å². The molecule has 6 heteroatoms. The van der Waals surface area contributed by atoms with E-state index < -0.39 is 11.7 Å². The molecule has 2 amide bonds. The monoisotopic (exact) mass is 286 g/mol. The maximum Gasteiger partial charge on any atom is 0.407 e. The van der Waals surface area contributed by atoms with Crippen LogP contribution in [-0.4, -0.2) is 54.8 Å². The highest BCUT2D eigenvalue weighted by Crippen LogP contribution is 2.08. The largest absolute Gasteiger partial charge is 0.444 e. The van der Waals surface area contributed by atoms with E-state index in [0.29, 0.717) is 39.1 Å². The van der Waals surface area contributed by atoms with Crippen molar-refractivity contribution < 1.29 is 19.1 Å². The van der Waals surface area contributed by atoms with Gasteiger partial charge in [-0.15, -0.1) is 0 Å². The van der Waals surface area contributed by atoms with Gasteiger partial charge in [0.25, 0.3) is 0 Å². The zero-order valence-electron chi connectivity index (χ0n) is 12.9. The molecule has 0 aliphatic carbocycles. The molecule has 0 aromatic carbocycles. The molecule has 1 aliphatic rings. The Kier molecular flexibility index (Phi) is 6.26. The maximum absolute atomic E-state index is 11.9. The molecular formula is C14H26N2O4. The summed E-state index contributed by atoms with van der Waals surface area (Å²) in [6.45, 7) is 9.76. The molecule has 1 rings (SSSR count). The molecule has 116 valence electrons. The first-order chi connectivity index (χ1) is 9.28. The second kappa shape index (κ2) is 7.47. The second-order valence-corrected chi connectivity index (χ2v) is 6.05. The zero-order chi connectivity index (χ0) is 15.2. The summed E-state index contributed by atoms with van der Waals surface area (Å²) in [7, 11) is 0. The Morgan fingerprint density at radius 1 is 1.40 bits per heavy atom. The van der Waals surface area contributed by atoms with E-state index in [0.717, 1.165) is 0 Å². The third-order valence-corrected chi connectivity index (χ3v) is 2.83. The summed E-state index contributed by atoms with van der Waals surface area (Å²) in [4.78, 5) is 25.2. The highest BCUT2D eigenvalue weighted by Gasteiger charge is 2.21. The fraction of sp³-hybridized carbons (Fsp3) is 0.857. The Balaban J connectivity index is 2.14. The molecule has 0 aromatic rings. The SMILES string of the molecule is C[C@@H]1CN(C(=O)CCCNC(=O)OC(C)(C)C)CCO1. The van der Waals surface area contributed by atoms with Gasteiger partial charge in [-0.25, -0.2) is 4.79 Å². The minimum atomic E-state index is -0.496. The highest BCUT2D eigenvalue weighted by molar-refractivity contribution is 5.76. The molecule has 0 radical (unpaired) electrons. The van der Waals surface area contributed by atoms with E-state index in [1.54, 1.807) is 0 Å². The number of morpholine rings is 1. The summed E-state index contributed by atoms with van der Waals surface area (Å²) >= 11 is 0. The summed E-state index contributed by atoms with van der Waals surface area (Å²) in [5.41, 5.74) is -0.496. The van der Waals surface area contributed by atoms with E-state index in [1.165, 1.54) is 0 Å². The van der Waals surface area contributed by atoms with Gasteiger partial charge in [0, 0.05) is 26.1 Å². The Morgan fingerprint density at radius 2 is 2.10 bits per heavy atom. The first-order valence-corrected chi connectivity index (χ1v) is 7.14. The van der Waals surface area contributed by atoms with Crippen molar-refractivity contribution >= 4 is 12.0 Å². The van der Waals surface area contributed by atoms with Crippen LogP contribution in [0, 0.1) is 0 Å². The summed E-state index contributed by atoms with van der Waals surface area (Å²) < 4.78 is 10.5. The first kappa shape index (κ1) is 16.8. The standard InChI is InChI=1S/C14H26N2O4/c1-11-10-16(8-9-19-11)12(17)6-5-7-15-13(18)20-14(2,3)4/h11H,5-10H2,1-4H3,(H,15,18)/t11-/m1/s1. The minimum absolute atomic E-state index is 0.104. The average molecular weight is 286 g/mol. The van der Waals surface area contributed by atoms with Crippen LogP contribution in [0.3, 0.4) is 0 Å². The molecule has 0 unspecified atom stereocenters. The van der Waals surface area contributed by atoms with E-state index in [9.17, 15) is 9.59 Å². The lowest BCUT2D eigenvalue weighted by Gasteiger charge is -2.31. The Labute approximate surface area is 120 Å². The summed E-state index contributed by atoms with van der Waals surface area (Å²) in [5, 5.41) is 2.65. The van der Waals surface area contributed by atoms with Gasteiger partial charge in [-0.05, 0) is 34.1 Å². The number of hydrogen-bond donors (Lipinski definition) is 1. The summed E-state index contributed by atoms with van der Waals surface area (Å²) in [6, 6.07) is 0. The molecule has 1 saturated heterocycles. The summed E-state index contributed by atoms with van der Waals surface area (Å²) in [5.74, 6) is 0.117. The highest BCUT2D eigenvalue weighted by atomic mass is 16.6. The van der Waals surface area contributed by atoms with Crippen molar-refractivity contribution in [1.29, 1.82) is 0 Å². The van der Waals surface area contributed by atoms with Crippen molar-refractivity contribution in [2.45, 2.75) is 52.2 Å². The molecule has 0 aromatic heterocycles. The van der Waals surface area contributed by atoms with Gasteiger partial charge in [-0.1, -0.05) is 0 Å². The predicted molar refractivity (Wildman–Crippen MR) is 75.5 cm³/mol. The third kappa shape index (κ3) is 6.75. The quantitative estimate of drug-likeness (QED) is 0.796. The molecule has 0 spiro atoms. The second-order valence-electron chi connectivity index (χ2n) is 6.05. The predicted octanol–water partition coefficient (Wildman–Crippen LogP) is 1.54. The summed E-state index contributed by atoms with van der Waals surface area (Å²) in [6.07, 6.45) is 0.712. The smallest absolute Gasteiger partial charge is 0.407 e. The lowest BCUT2D eigenvalue weighted by molar-refractivity contribution is -0.138. The van der Waals surface area contributed by atoms with Crippen LogP contribution in [0.25, 0.3) is 0 Å². The van der Waals surface area contributed by atoms with Crippen molar-refractivity contribution in [2.24, 2.45) is 0 Å². The Bertz CT molecular complexity index is 339. The topological polar surface area (TPSA) is 67.9 Å². The molecule has 1 aliphatic heterocycles. The number of amides is 2. The van der Waals surface area contributed by atoms with Gasteiger partial charge in [0.1, 0.15) is 5.60 Å². The van der Waals surface area contributed by atoms with E-state index >= 15 is 0 Å². The van der Waals surface area contributed by atoms with Gasteiger partial charge < -0.3 is 19.7 Å². The van der Waals surface area contributed by atoms with Crippen LogP contribution in [0.1, 0.15) is 40.5 Å². The normalized spacial score (nSPS) is 19.6.